The van der Waals surface area contributed by atoms with Crippen LogP contribution in [0.4, 0.5) is 0 Å². The van der Waals surface area contributed by atoms with E-state index in [4.69, 9.17) is 9.47 Å². The van der Waals surface area contributed by atoms with Crippen LogP contribution < -0.4 is 5.32 Å². The Kier molecular flexibility index (Phi) is 5.73. The molecule has 0 aromatic heterocycles. The molecule has 29 heavy (non-hydrogen) atoms. The number of aliphatic hydroxyl groups excluding tert-OH is 1. The first-order valence-electron chi connectivity index (χ1n) is 9.62. The molecule has 154 valence electrons. The monoisotopic (exact) mass is 399 g/mol. The largest absolute Gasteiger partial charge is 0.466 e. The summed E-state index contributed by atoms with van der Waals surface area (Å²) in [6.07, 6.45) is 4.40. The van der Waals surface area contributed by atoms with E-state index in [0.29, 0.717) is 0 Å². The third-order valence-corrected chi connectivity index (χ3v) is 5.41. The topological polar surface area (TPSA) is 102 Å². The van der Waals surface area contributed by atoms with E-state index in [-0.39, 0.29) is 16.9 Å². The van der Waals surface area contributed by atoms with Crippen LogP contribution in [0.1, 0.15) is 43.5 Å². The van der Waals surface area contributed by atoms with Gasteiger partial charge in [-0.15, -0.1) is 0 Å². The van der Waals surface area contributed by atoms with Crippen molar-refractivity contribution in [3.8, 4) is 0 Å². The molecule has 2 aliphatic rings. The van der Waals surface area contributed by atoms with Crippen LogP contribution in [0.5, 0.6) is 0 Å². The number of methoxy groups -OCH3 is 1. The maximum atomic E-state index is 13.1. The van der Waals surface area contributed by atoms with Gasteiger partial charge in [0.1, 0.15) is 5.76 Å². The Morgan fingerprint density at radius 3 is 2.62 bits per heavy atom. The third-order valence-electron chi connectivity index (χ3n) is 5.41. The van der Waals surface area contributed by atoms with Crippen molar-refractivity contribution in [1.82, 2.24) is 5.32 Å². The highest BCUT2D eigenvalue weighted by Gasteiger charge is 2.73. The smallest absolute Gasteiger partial charge is 0.279 e. The zero-order chi connectivity index (χ0) is 21.2. The summed E-state index contributed by atoms with van der Waals surface area (Å²) in [6.45, 7) is 3.60. The fourth-order valence-corrected chi connectivity index (χ4v) is 3.67. The number of ether oxygens (including phenoxy) is 2. The summed E-state index contributed by atoms with van der Waals surface area (Å²) in [6, 6.07) is 8.11. The van der Waals surface area contributed by atoms with Gasteiger partial charge in [-0.05, 0) is 19.4 Å². The molecule has 0 saturated carbocycles. The number of carbonyl (C=O) groups is 3. The highest BCUT2D eigenvalue weighted by atomic mass is 16.6. The van der Waals surface area contributed by atoms with Crippen LogP contribution in [0.3, 0.4) is 0 Å². The Hall–Kier alpha value is -2.77. The minimum atomic E-state index is -2.25. The Bertz CT molecular complexity index is 890. The standard InChI is InChI=1S/C22H25NO6/c1-4-5-6-10-13-16-14(2)17(24)21(29-16)19(26)22(28-3,23-20(21)27)18(25)15-11-8-7-9-12-15/h7-13,19,26H,4-6H2,1-3H3,(H,23,27)/b13-10+/t19-,21-,22-/m1/s1. The summed E-state index contributed by atoms with van der Waals surface area (Å²) >= 11 is 0. The van der Waals surface area contributed by atoms with Crippen molar-refractivity contribution < 1.29 is 29.0 Å². The zero-order valence-electron chi connectivity index (χ0n) is 16.7. The molecule has 3 atom stereocenters. The van der Waals surface area contributed by atoms with Crippen molar-refractivity contribution in [2.24, 2.45) is 0 Å². The Balaban J connectivity index is 1.96. The molecule has 0 radical (unpaired) electrons. The quantitative estimate of drug-likeness (QED) is 0.413. The fraction of sp³-hybridized carbons (Fsp3) is 0.409. The number of carbonyl (C=O) groups excluding carboxylic acids is 3. The van der Waals surface area contributed by atoms with E-state index in [9.17, 15) is 19.5 Å². The number of Topliss-reactive ketones (excluding diaryl/α,β-unsaturated/α-hetero) is 2. The number of rotatable bonds is 7. The number of hydrogen-bond donors (Lipinski definition) is 2. The highest BCUT2D eigenvalue weighted by Crippen LogP contribution is 2.43. The molecule has 1 aromatic rings. The SMILES string of the molecule is CCCC/C=C/C1=C(C)C(=O)[C@]2(O1)C(=O)N[C@@](OC)(C(=O)c1ccccc1)[C@@H]2O. The zero-order valence-corrected chi connectivity index (χ0v) is 16.7. The molecular formula is C22H25NO6. The number of unbranched alkanes of at least 4 members (excludes halogenated alkanes) is 2. The Labute approximate surface area is 169 Å². The van der Waals surface area contributed by atoms with Crippen molar-refractivity contribution in [3.63, 3.8) is 0 Å². The van der Waals surface area contributed by atoms with Gasteiger partial charge in [0.2, 0.25) is 17.3 Å². The number of hydrogen-bond acceptors (Lipinski definition) is 6. The average Bonchev–Trinajstić information content (AvgIpc) is 3.13. The molecule has 0 aliphatic carbocycles. The van der Waals surface area contributed by atoms with Gasteiger partial charge < -0.3 is 19.9 Å². The van der Waals surface area contributed by atoms with Gasteiger partial charge in [-0.2, -0.15) is 0 Å². The van der Waals surface area contributed by atoms with Gasteiger partial charge in [-0.3, -0.25) is 14.4 Å². The molecule has 1 amide bonds. The Morgan fingerprint density at radius 2 is 2.00 bits per heavy atom. The molecule has 0 bridgehead atoms. The number of ketones is 2. The normalized spacial score (nSPS) is 29.0. The van der Waals surface area contributed by atoms with E-state index in [2.05, 4.69) is 12.2 Å². The van der Waals surface area contributed by atoms with Crippen LogP contribution in [-0.2, 0) is 19.1 Å². The van der Waals surface area contributed by atoms with Gasteiger partial charge in [0.05, 0.1) is 0 Å². The van der Waals surface area contributed by atoms with Gasteiger partial charge >= 0.3 is 0 Å². The lowest BCUT2D eigenvalue weighted by Gasteiger charge is -2.32. The fourth-order valence-electron chi connectivity index (χ4n) is 3.67. The first-order valence-corrected chi connectivity index (χ1v) is 9.62. The number of allylic oxidation sites excluding steroid dienone is 2. The van der Waals surface area contributed by atoms with E-state index < -0.39 is 34.9 Å². The second kappa shape index (κ2) is 7.93. The second-order valence-electron chi connectivity index (χ2n) is 7.19. The molecule has 3 rings (SSSR count). The third kappa shape index (κ3) is 3.10. The molecule has 7 heteroatoms. The lowest BCUT2D eigenvalue weighted by atomic mass is 9.85. The maximum Gasteiger partial charge on any atom is 0.279 e. The van der Waals surface area contributed by atoms with Crippen molar-refractivity contribution >= 4 is 17.5 Å². The molecule has 1 saturated heterocycles. The van der Waals surface area contributed by atoms with Gasteiger partial charge in [-0.25, -0.2) is 0 Å². The molecule has 2 aliphatic heterocycles. The van der Waals surface area contributed by atoms with Gasteiger partial charge in [0.15, 0.2) is 6.10 Å². The molecule has 2 N–H and O–H groups in total. The molecule has 1 aromatic carbocycles. The van der Waals surface area contributed by atoms with Crippen LogP contribution in [-0.4, -0.2) is 47.1 Å². The maximum absolute atomic E-state index is 13.1. The van der Waals surface area contributed by atoms with Gasteiger partial charge in [0, 0.05) is 18.2 Å². The van der Waals surface area contributed by atoms with Gasteiger partial charge in [-0.1, -0.05) is 56.2 Å². The van der Waals surface area contributed by atoms with Crippen LogP contribution in [0.25, 0.3) is 0 Å². The summed E-state index contributed by atoms with van der Waals surface area (Å²) in [5.41, 5.74) is -3.95. The number of nitrogens with one attached hydrogen (secondary N) is 1. The van der Waals surface area contributed by atoms with E-state index in [1.54, 1.807) is 24.3 Å². The first kappa shape index (κ1) is 21.0. The number of aliphatic hydroxyl groups is 1. The Morgan fingerprint density at radius 1 is 1.31 bits per heavy atom. The van der Waals surface area contributed by atoms with Crippen molar-refractivity contribution in [3.05, 3.63) is 59.4 Å². The van der Waals surface area contributed by atoms with Crippen LogP contribution >= 0.6 is 0 Å². The summed E-state index contributed by atoms with van der Waals surface area (Å²) in [5.74, 6) is -2.05. The molecular weight excluding hydrogens is 374 g/mol. The minimum absolute atomic E-state index is 0.208. The predicted molar refractivity (Wildman–Crippen MR) is 105 cm³/mol. The lowest BCUT2D eigenvalue weighted by molar-refractivity contribution is -0.159. The van der Waals surface area contributed by atoms with Crippen LogP contribution in [0.2, 0.25) is 0 Å². The molecule has 7 nitrogen and oxygen atoms in total. The van der Waals surface area contributed by atoms with E-state index in [1.807, 2.05) is 6.08 Å². The summed E-state index contributed by atoms with van der Waals surface area (Å²) in [7, 11) is 1.19. The van der Waals surface area contributed by atoms with Crippen molar-refractivity contribution in [2.45, 2.75) is 50.5 Å². The molecule has 0 unspecified atom stereocenters. The number of benzene rings is 1. The lowest BCUT2D eigenvalue weighted by Crippen LogP contribution is -2.60. The van der Waals surface area contributed by atoms with Crippen molar-refractivity contribution in [1.29, 1.82) is 0 Å². The molecule has 1 fully saturated rings. The van der Waals surface area contributed by atoms with Gasteiger partial charge in [0.25, 0.3) is 11.5 Å². The van der Waals surface area contributed by atoms with Crippen LogP contribution in [0, 0.1) is 0 Å². The van der Waals surface area contributed by atoms with Crippen LogP contribution in [0.15, 0.2) is 53.8 Å². The molecule has 1 spiro atoms. The van der Waals surface area contributed by atoms with Crippen molar-refractivity contribution in [2.75, 3.05) is 7.11 Å². The first-order chi connectivity index (χ1) is 13.8. The number of amides is 1. The van der Waals surface area contributed by atoms with E-state index in [1.165, 1.54) is 26.2 Å². The summed E-state index contributed by atoms with van der Waals surface area (Å²) in [5, 5.41) is 13.5. The minimum Gasteiger partial charge on any atom is -0.466 e. The second-order valence-corrected chi connectivity index (χ2v) is 7.19. The van der Waals surface area contributed by atoms with E-state index in [0.717, 1.165) is 19.3 Å². The highest BCUT2D eigenvalue weighted by molar-refractivity contribution is 6.23. The predicted octanol–water partition coefficient (Wildman–Crippen LogP) is 2.06. The average molecular weight is 399 g/mol. The van der Waals surface area contributed by atoms with E-state index >= 15 is 0 Å². The molecule has 2 heterocycles. The summed E-state index contributed by atoms with van der Waals surface area (Å²) < 4.78 is 11.0. The summed E-state index contributed by atoms with van der Waals surface area (Å²) in [4.78, 5) is 39.0.